The number of imide groups is 1. The summed E-state index contributed by atoms with van der Waals surface area (Å²) in [5.41, 5.74) is 2.74. The number of aromatic amines is 1. The highest BCUT2D eigenvalue weighted by atomic mass is 79.9. The summed E-state index contributed by atoms with van der Waals surface area (Å²) in [4.78, 5) is 45.9. The molecule has 9 heteroatoms. The fraction of sp³-hybridized carbons (Fsp3) is 0.281. The average molecular weight is 646 g/mol. The molecule has 7 atom stereocenters. The van der Waals surface area contributed by atoms with Crippen LogP contribution in [-0.4, -0.2) is 22.0 Å². The van der Waals surface area contributed by atoms with E-state index in [-0.39, 0.29) is 57.4 Å². The third kappa shape index (κ3) is 3.92. The molecule has 2 aliphatic heterocycles. The number of nitrogens with one attached hydrogen (secondary N) is 1. The molecule has 2 bridgehead atoms. The number of hydrogen-bond acceptors (Lipinski definition) is 6. The Morgan fingerprint density at radius 1 is 0.902 bits per heavy atom. The van der Waals surface area contributed by atoms with Crippen LogP contribution in [-0.2, 0) is 16.2 Å². The number of nitrogens with zero attached hydrogens (tertiary/aromatic N) is 1. The molecule has 1 saturated heterocycles. The summed E-state index contributed by atoms with van der Waals surface area (Å²) in [6, 6.07) is 25.4. The molecule has 206 valence electrons. The van der Waals surface area contributed by atoms with E-state index in [4.69, 9.17) is 4.74 Å². The molecule has 0 spiro atoms. The predicted molar refractivity (Wildman–Crippen MR) is 162 cm³/mol. The molecule has 4 aliphatic rings. The zero-order chi connectivity index (χ0) is 27.8. The lowest BCUT2D eigenvalue weighted by atomic mass is 9.68. The lowest BCUT2D eigenvalue weighted by Gasteiger charge is -2.43. The Morgan fingerprint density at radius 2 is 1.61 bits per heavy atom. The second-order valence-electron chi connectivity index (χ2n) is 11.3. The van der Waals surface area contributed by atoms with Gasteiger partial charge in [0, 0.05) is 26.1 Å². The van der Waals surface area contributed by atoms with Crippen molar-refractivity contribution in [3.05, 3.63) is 109 Å². The summed E-state index contributed by atoms with van der Waals surface area (Å²) < 4.78 is 7.37. The highest BCUT2D eigenvalue weighted by Crippen LogP contribution is 2.69. The highest BCUT2D eigenvalue weighted by Gasteiger charge is 2.69. The minimum Gasteiger partial charge on any atom is -0.489 e. The van der Waals surface area contributed by atoms with Crippen LogP contribution in [0, 0.1) is 29.6 Å². The Balaban J connectivity index is 1.21. The van der Waals surface area contributed by atoms with Crippen molar-refractivity contribution in [2.24, 2.45) is 29.6 Å². The van der Waals surface area contributed by atoms with E-state index in [2.05, 4.69) is 27.0 Å². The molecular weight excluding hydrogens is 620 g/mol. The molecule has 1 aromatic heterocycles. The fourth-order valence-corrected chi connectivity index (χ4v) is 11.1. The van der Waals surface area contributed by atoms with Crippen LogP contribution in [0.3, 0.4) is 0 Å². The Hall–Kier alpha value is -3.14. The van der Waals surface area contributed by atoms with Crippen molar-refractivity contribution < 1.29 is 14.3 Å². The molecule has 8 rings (SSSR count). The van der Waals surface area contributed by atoms with Crippen LogP contribution >= 0.6 is 39.0 Å². The zero-order valence-electron chi connectivity index (χ0n) is 21.7. The molecule has 3 aromatic carbocycles. The minimum atomic E-state index is -0.338. The van der Waals surface area contributed by atoms with Gasteiger partial charge in [0.05, 0.1) is 22.5 Å². The first kappa shape index (κ1) is 25.6. The maximum absolute atomic E-state index is 13.9. The first-order chi connectivity index (χ1) is 20.0. The molecular formula is C32H25BrN2O4S2. The number of benzene rings is 3. The lowest BCUT2D eigenvalue weighted by molar-refractivity contribution is -0.123. The monoisotopic (exact) mass is 644 g/mol. The third-order valence-corrected chi connectivity index (χ3v) is 12.4. The minimum absolute atomic E-state index is 0.0453. The number of anilines is 1. The molecule has 1 N–H and O–H groups in total. The van der Waals surface area contributed by atoms with Crippen molar-refractivity contribution >= 4 is 56.5 Å². The second kappa shape index (κ2) is 9.71. The van der Waals surface area contributed by atoms with Crippen molar-refractivity contribution in [3.8, 4) is 5.75 Å². The van der Waals surface area contributed by atoms with Gasteiger partial charge in [-0.25, -0.2) is 0 Å². The lowest BCUT2D eigenvalue weighted by Crippen LogP contribution is -2.42. The van der Waals surface area contributed by atoms with Gasteiger partial charge in [0.2, 0.25) is 11.8 Å². The second-order valence-corrected chi connectivity index (χ2v) is 14.4. The van der Waals surface area contributed by atoms with Crippen LogP contribution < -0.4 is 14.5 Å². The van der Waals surface area contributed by atoms with Gasteiger partial charge in [0.1, 0.15) is 12.4 Å². The molecule has 0 unspecified atom stereocenters. The number of carbonyl (C=O) groups is 2. The number of amides is 2. The number of para-hydroxylation sites is 1. The summed E-state index contributed by atoms with van der Waals surface area (Å²) in [5, 5.41) is 1.01. The van der Waals surface area contributed by atoms with Gasteiger partial charge in [0.25, 0.3) is 0 Å². The standard InChI is InChI=1S/C32H25BrN2O4S2/c33-17-11-12-22(39-15-16-7-3-1-4-8-16)19(13-17)23-24-20-14-21(27(24)40-29-28(23)41-32(38)34-29)26-25(20)30(36)35(31(26)37)18-9-5-2-6-10-18/h1-13,20-21,23-27H,14-15H2,(H,34,38)/t20-,21-,23+,24+,25+,26+,27-/m1/s1. The van der Waals surface area contributed by atoms with Crippen LogP contribution in [0.2, 0.25) is 0 Å². The first-order valence-corrected chi connectivity index (χ1v) is 16.3. The van der Waals surface area contributed by atoms with Gasteiger partial charge in [-0.15, -0.1) is 11.8 Å². The van der Waals surface area contributed by atoms with E-state index in [9.17, 15) is 14.4 Å². The van der Waals surface area contributed by atoms with Gasteiger partial charge in [-0.1, -0.05) is 75.8 Å². The number of H-pyrrole nitrogens is 1. The van der Waals surface area contributed by atoms with Gasteiger partial charge in [-0.3, -0.25) is 19.3 Å². The molecule has 3 fully saturated rings. The van der Waals surface area contributed by atoms with Crippen LogP contribution in [0.4, 0.5) is 5.69 Å². The Morgan fingerprint density at radius 3 is 2.37 bits per heavy atom. The van der Waals surface area contributed by atoms with E-state index in [1.807, 2.05) is 72.8 Å². The summed E-state index contributed by atoms with van der Waals surface area (Å²) in [5.74, 6) is 0.0733. The van der Waals surface area contributed by atoms with E-state index >= 15 is 0 Å². The molecule has 3 heterocycles. The largest absolute Gasteiger partial charge is 0.489 e. The fourth-order valence-electron chi connectivity index (χ4n) is 7.83. The maximum Gasteiger partial charge on any atom is 0.305 e. The first-order valence-electron chi connectivity index (χ1n) is 13.8. The van der Waals surface area contributed by atoms with Crippen molar-refractivity contribution in [3.63, 3.8) is 0 Å². The van der Waals surface area contributed by atoms with Crippen molar-refractivity contribution in [1.29, 1.82) is 0 Å². The maximum atomic E-state index is 13.9. The molecule has 41 heavy (non-hydrogen) atoms. The summed E-state index contributed by atoms with van der Waals surface area (Å²) >= 11 is 6.64. The van der Waals surface area contributed by atoms with Crippen molar-refractivity contribution in [2.45, 2.75) is 29.2 Å². The summed E-state index contributed by atoms with van der Waals surface area (Å²) in [7, 11) is 0. The SMILES string of the molecule is O=C1[C@H]2[C@H]3C[C@@H]([C@@H]2C(=O)N1c1ccccc1)[C@H]1[C@H](c2cc(Br)ccc2OCc2ccccc2)c2sc(=O)[nH]c2S[C@H]31. The summed E-state index contributed by atoms with van der Waals surface area (Å²) in [6.45, 7) is 0.428. The van der Waals surface area contributed by atoms with Gasteiger partial charge < -0.3 is 9.72 Å². The van der Waals surface area contributed by atoms with Crippen LogP contribution in [0.25, 0.3) is 0 Å². The van der Waals surface area contributed by atoms with Gasteiger partial charge in [-0.05, 0) is 60.1 Å². The van der Waals surface area contributed by atoms with Crippen LogP contribution in [0.15, 0.2) is 93.2 Å². The van der Waals surface area contributed by atoms with Gasteiger partial charge >= 0.3 is 4.87 Å². The number of rotatable bonds is 5. The van der Waals surface area contributed by atoms with Gasteiger partial charge in [-0.2, -0.15) is 0 Å². The van der Waals surface area contributed by atoms with E-state index < -0.39 is 0 Å². The molecule has 2 amide bonds. The molecule has 4 aromatic rings. The summed E-state index contributed by atoms with van der Waals surface area (Å²) in [6.07, 6.45) is 0.849. The highest BCUT2D eigenvalue weighted by molar-refractivity contribution is 9.10. The van der Waals surface area contributed by atoms with E-state index in [0.29, 0.717) is 12.3 Å². The van der Waals surface area contributed by atoms with E-state index in [1.54, 1.807) is 11.8 Å². The van der Waals surface area contributed by atoms with E-state index in [1.165, 1.54) is 16.2 Å². The number of hydrogen-bond donors (Lipinski definition) is 1. The molecule has 2 aliphatic carbocycles. The van der Waals surface area contributed by atoms with Crippen molar-refractivity contribution in [1.82, 2.24) is 4.98 Å². The number of ether oxygens (including phenoxy) is 1. The molecule has 2 saturated carbocycles. The number of halogens is 1. The molecule has 0 radical (unpaired) electrons. The third-order valence-electron chi connectivity index (χ3n) is 9.28. The normalized spacial score (nSPS) is 29.4. The number of fused-ring (bicyclic) bond motifs is 9. The average Bonchev–Trinajstić information content (AvgIpc) is 3.72. The van der Waals surface area contributed by atoms with Crippen LogP contribution in [0.5, 0.6) is 5.75 Å². The van der Waals surface area contributed by atoms with E-state index in [0.717, 1.165) is 37.7 Å². The predicted octanol–water partition coefficient (Wildman–Crippen LogP) is 6.46. The van der Waals surface area contributed by atoms with Crippen LogP contribution in [0.1, 0.15) is 28.3 Å². The number of aromatic nitrogens is 1. The number of thioether (sulfide) groups is 1. The zero-order valence-corrected chi connectivity index (χ0v) is 25.0. The van der Waals surface area contributed by atoms with Crippen molar-refractivity contribution in [2.75, 3.05) is 4.90 Å². The topological polar surface area (TPSA) is 79.5 Å². The number of thiazole rings is 1. The molecule has 6 nitrogen and oxygen atoms in total. The number of carbonyl (C=O) groups excluding carboxylic acids is 2. The Kier molecular flexibility index (Phi) is 6.05. The Bertz CT molecular complexity index is 1740. The van der Waals surface area contributed by atoms with Gasteiger partial charge in [0.15, 0.2) is 0 Å². The smallest absolute Gasteiger partial charge is 0.305 e. The Labute approximate surface area is 253 Å². The quantitative estimate of drug-likeness (QED) is 0.252.